The van der Waals surface area contributed by atoms with E-state index in [-0.39, 0.29) is 36.6 Å². The molecule has 0 aromatic heterocycles. The Bertz CT molecular complexity index is 634. The summed E-state index contributed by atoms with van der Waals surface area (Å²) < 4.78 is 24.6. The predicted molar refractivity (Wildman–Crippen MR) is 116 cm³/mol. The molecule has 0 amide bonds. The van der Waals surface area contributed by atoms with Crippen LogP contribution < -0.4 is 15.4 Å². The largest absolute Gasteiger partial charge is 0.467 e. The van der Waals surface area contributed by atoms with Crippen molar-refractivity contribution in [1.29, 1.82) is 0 Å². The van der Waals surface area contributed by atoms with Crippen LogP contribution in [0.2, 0.25) is 0 Å². The minimum absolute atomic E-state index is 0. The van der Waals surface area contributed by atoms with Gasteiger partial charge in [-0.3, -0.25) is 4.99 Å². The second-order valence-corrected chi connectivity index (χ2v) is 7.28. The van der Waals surface area contributed by atoms with Crippen LogP contribution in [-0.4, -0.2) is 31.9 Å². The van der Waals surface area contributed by atoms with Gasteiger partial charge in [0.1, 0.15) is 11.6 Å². The topological polar surface area (TPSA) is 54.9 Å². The van der Waals surface area contributed by atoms with Crippen LogP contribution in [0.25, 0.3) is 0 Å². The molecule has 1 heterocycles. The highest BCUT2D eigenvalue weighted by Gasteiger charge is 2.19. The summed E-state index contributed by atoms with van der Waals surface area (Å²) in [5.74, 6) is 2.18. The second kappa shape index (κ2) is 11.0. The molecular weight excluding hydrogens is 460 g/mol. The molecule has 2 aliphatic rings. The molecule has 1 aromatic rings. The van der Waals surface area contributed by atoms with Crippen LogP contribution in [0.5, 0.6) is 5.75 Å². The zero-order valence-electron chi connectivity index (χ0n) is 16.2. The van der Waals surface area contributed by atoms with Gasteiger partial charge in [0.15, 0.2) is 12.8 Å². The highest BCUT2D eigenvalue weighted by atomic mass is 127. The Kier molecular flexibility index (Phi) is 9.08. The molecule has 3 rings (SSSR count). The lowest BCUT2D eigenvalue weighted by Crippen LogP contribution is -2.44. The first-order valence-electron chi connectivity index (χ1n) is 9.72. The van der Waals surface area contributed by atoms with E-state index in [1.807, 2.05) is 0 Å². The molecular formula is C20H31FIN3O2. The third-order valence-electron chi connectivity index (χ3n) is 5.10. The molecule has 152 valence electrons. The number of hydrogen-bond donors (Lipinski definition) is 2. The van der Waals surface area contributed by atoms with Gasteiger partial charge in [0.05, 0.1) is 6.61 Å². The first-order chi connectivity index (χ1) is 12.7. The van der Waals surface area contributed by atoms with Gasteiger partial charge in [-0.05, 0) is 62.6 Å². The smallest absolute Gasteiger partial charge is 0.191 e. The molecule has 1 aliphatic carbocycles. The van der Waals surface area contributed by atoms with Crippen LogP contribution in [0.3, 0.4) is 0 Å². The van der Waals surface area contributed by atoms with Crippen molar-refractivity contribution in [2.75, 3.05) is 19.9 Å². The minimum atomic E-state index is -0.252. The fourth-order valence-electron chi connectivity index (χ4n) is 3.65. The summed E-state index contributed by atoms with van der Waals surface area (Å²) in [5, 5.41) is 6.87. The molecule has 7 heteroatoms. The van der Waals surface area contributed by atoms with Crippen LogP contribution in [0.4, 0.5) is 4.39 Å². The Hall–Kier alpha value is -1.09. The van der Waals surface area contributed by atoms with Gasteiger partial charge in [0.2, 0.25) is 0 Å². The number of halogens is 2. The van der Waals surface area contributed by atoms with Crippen molar-refractivity contribution in [3.05, 3.63) is 29.1 Å². The van der Waals surface area contributed by atoms with E-state index >= 15 is 0 Å². The lowest BCUT2D eigenvalue weighted by atomic mass is 9.87. The fourth-order valence-corrected chi connectivity index (χ4v) is 3.65. The molecule has 0 radical (unpaired) electrons. The van der Waals surface area contributed by atoms with Gasteiger partial charge in [0.25, 0.3) is 0 Å². The van der Waals surface area contributed by atoms with Crippen molar-refractivity contribution < 1.29 is 13.9 Å². The Labute approximate surface area is 178 Å². The van der Waals surface area contributed by atoms with E-state index in [0.29, 0.717) is 25.6 Å². The first-order valence-corrected chi connectivity index (χ1v) is 9.72. The molecule has 1 fully saturated rings. The average Bonchev–Trinajstić information content (AvgIpc) is 2.63. The molecule has 2 N–H and O–H groups in total. The van der Waals surface area contributed by atoms with E-state index in [4.69, 9.17) is 9.47 Å². The summed E-state index contributed by atoms with van der Waals surface area (Å²) in [7, 11) is 0. The molecule has 1 aliphatic heterocycles. The average molecular weight is 491 g/mol. The zero-order valence-corrected chi connectivity index (χ0v) is 18.6. The van der Waals surface area contributed by atoms with Crippen molar-refractivity contribution in [3.63, 3.8) is 0 Å². The van der Waals surface area contributed by atoms with Gasteiger partial charge in [-0.15, -0.1) is 24.0 Å². The van der Waals surface area contributed by atoms with E-state index in [1.54, 1.807) is 6.07 Å². The number of fused-ring (bicyclic) bond motifs is 1. The lowest BCUT2D eigenvalue weighted by Gasteiger charge is -2.28. The molecule has 0 saturated heterocycles. The molecule has 0 unspecified atom stereocenters. The summed E-state index contributed by atoms with van der Waals surface area (Å²) in [5.41, 5.74) is 1.63. The highest BCUT2D eigenvalue weighted by molar-refractivity contribution is 14.0. The Morgan fingerprint density at radius 3 is 2.78 bits per heavy atom. The molecule has 1 aromatic carbocycles. The first kappa shape index (κ1) is 22.2. The summed E-state index contributed by atoms with van der Waals surface area (Å²) >= 11 is 0. The zero-order chi connectivity index (χ0) is 18.4. The van der Waals surface area contributed by atoms with E-state index in [1.165, 1.54) is 31.7 Å². The van der Waals surface area contributed by atoms with Gasteiger partial charge in [-0.25, -0.2) is 4.39 Å². The number of rotatable bonds is 5. The molecule has 0 spiro atoms. The van der Waals surface area contributed by atoms with Gasteiger partial charge < -0.3 is 20.1 Å². The van der Waals surface area contributed by atoms with Crippen molar-refractivity contribution in [3.8, 4) is 5.75 Å². The van der Waals surface area contributed by atoms with Gasteiger partial charge in [0, 0.05) is 24.7 Å². The summed E-state index contributed by atoms with van der Waals surface area (Å²) in [6, 6.07) is 3.52. The molecule has 0 atom stereocenters. The summed E-state index contributed by atoms with van der Waals surface area (Å²) in [6.45, 7) is 6.41. The number of nitrogens with zero attached hydrogens (tertiary/aromatic N) is 1. The Morgan fingerprint density at radius 2 is 2.04 bits per heavy atom. The van der Waals surface area contributed by atoms with E-state index in [0.717, 1.165) is 35.3 Å². The lowest BCUT2D eigenvalue weighted by molar-refractivity contribution is -0.0172. The maximum absolute atomic E-state index is 13.8. The van der Waals surface area contributed by atoms with E-state index < -0.39 is 0 Å². The van der Waals surface area contributed by atoms with E-state index in [9.17, 15) is 4.39 Å². The van der Waals surface area contributed by atoms with Gasteiger partial charge in [-0.2, -0.15) is 0 Å². The SMILES string of the molecule is CCNC(=NCCc1cc(F)cc2c1OCOC2)NC1CCC(C)CC1.I. The van der Waals surface area contributed by atoms with Crippen molar-refractivity contribution >= 4 is 29.9 Å². The standard InChI is InChI=1S/C20H30FN3O2.HI/c1-3-22-20(24-18-6-4-14(2)5-7-18)23-9-8-15-10-17(21)11-16-12-25-13-26-19(15)16;/h10-11,14,18H,3-9,12-13H2,1-2H3,(H2,22,23,24);1H. The van der Waals surface area contributed by atoms with Crippen LogP contribution in [-0.2, 0) is 17.8 Å². The van der Waals surface area contributed by atoms with Crippen molar-refractivity contribution in [2.45, 2.75) is 58.6 Å². The second-order valence-electron chi connectivity index (χ2n) is 7.28. The van der Waals surface area contributed by atoms with Crippen molar-refractivity contribution in [1.82, 2.24) is 10.6 Å². The fraction of sp³-hybridized carbons (Fsp3) is 0.650. The van der Waals surface area contributed by atoms with Crippen LogP contribution in [0.1, 0.15) is 50.7 Å². The number of guanidine groups is 1. The number of benzene rings is 1. The predicted octanol–water partition coefficient (Wildman–Crippen LogP) is 3.99. The third-order valence-corrected chi connectivity index (χ3v) is 5.10. The van der Waals surface area contributed by atoms with E-state index in [2.05, 4.69) is 29.5 Å². The molecule has 5 nitrogen and oxygen atoms in total. The van der Waals surface area contributed by atoms with Gasteiger partial charge in [-0.1, -0.05) is 6.92 Å². The van der Waals surface area contributed by atoms with Crippen LogP contribution in [0, 0.1) is 11.7 Å². The number of ether oxygens (including phenoxy) is 2. The van der Waals surface area contributed by atoms with Crippen LogP contribution in [0.15, 0.2) is 17.1 Å². The number of hydrogen-bond acceptors (Lipinski definition) is 3. The maximum Gasteiger partial charge on any atom is 0.191 e. The monoisotopic (exact) mass is 491 g/mol. The third kappa shape index (κ3) is 6.48. The van der Waals surface area contributed by atoms with Crippen LogP contribution >= 0.6 is 24.0 Å². The summed E-state index contributed by atoms with van der Waals surface area (Å²) in [6.07, 6.45) is 5.56. The van der Waals surface area contributed by atoms with Gasteiger partial charge >= 0.3 is 0 Å². The molecule has 27 heavy (non-hydrogen) atoms. The normalized spacial score (nSPS) is 22.3. The Balaban J connectivity index is 0.00000261. The minimum Gasteiger partial charge on any atom is -0.467 e. The van der Waals surface area contributed by atoms with Crippen molar-refractivity contribution in [2.24, 2.45) is 10.9 Å². The highest BCUT2D eigenvalue weighted by Crippen LogP contribution is 2.29. The Morgan fingerprint density at radius 1 is 1.26 bits per heavy atom. The number of nitrogens with one attached hydrogen (secondary N) is 2. The summed E-state index contributed by atoms with van der Waals surface area (Å²) in [4.78, 5) is 4.69. The number of aliphatic imine (C=N–C) groups is 1. The maximum atomic E-state index is 13.8. The molecule has 0 bridgehead atoms. The molecule has 1 saturated carbocycles. The quantitative estimate of drug-likeness (QED) is 0.372.